The van der Waals surface area contributed by atoms with Gasteiger partial charge in [-0.2, -0.15) is 0 Å². The highest BCUT2D eigenvalue weighted by atomic mass is 16.5. The maximum absolute atomic E-state index is 5.49. The van der Waals surface area contributed by atoms with E-state index < -0.39 is 0 Å². The highest BCUT2D eigenvalue weighted by Gasteiger charge is 2.18. The van der Waals surface area contributed by atoms with Crippen molar-refractivity contribution in [3.63, 3.8) is 0 Å². The number of hydrogen-bond donors (Lipinski definition) is 1. The summed E-state index contributed by atoms with van der Waals surface area (Å²) in [5, 5.41) is 3.51. The first-order chi connectivity index (χ1) is 8.70. The SMILES string of the molecule is CCOc1ncnc(NC2CCCN(C)C2)c1C. The summed E-state index contributed by atoms with van der Waals surface area (Å²) < 4.78 is 5.49. The van der Waals surface area contributed by atoms with Crippen LogP contribution in [0.4, 0.5) is 5.82 Å². The number of likely N-dealkylation sites (N-methyl/N-ethyl adjacent to an activating group) is 1. The molecule has 100 valence electrons. The minimum absolute atomic E-state index is 0.465. The molecule has 0 radical (unpaired) electrons. The summed E-state index contributed by atoms with van der Waals surface area (Å²) in [6.07, 6.45) is 3.99. The lowest BCUT2D eigenvalue weighted by molar-refractivity contribution is 0.260. The van der Waals surface area contributed by atoms with Crippen LogP contribution in [0.15, 0.2) is 6.33 Å². The number of hydrogen-bond acceptors (Lipinski definition) is 5. The van der Waals surface area contributed by atoms with Crippen molar-refractivity contribution in [2.45, 2.75) is 32.7 Å². The molecule has 0 bridgehead atoms. The van der Waals surface area contributed by atoms with Crippen LogP contribution in [0, 0.1) is 6.92 Å². The molecule has 0 amide bonds. The predicted octanol–water partition coefficient (Wildman–Crippen LogP) is 1.69. The molecule has 0 spiro atoms. The number of likely N-dealkylation sites (tertiary alicyclic amines) is 1. The fourth-order valence-electron chi connectivity index (χ4n) is 2.34. The van der Waals surface area contributed by atoms with E-state index in [1.165, 1.54) is 19.4 Å². The Balaban J connectivity index is 2.06. The molecular weight excluding hydrogens is 228 g/mol. The molecule has 0 saturated carbocycles. The summed E-state index contributed by atoms with van der Waals surface area (Å²) in [6.45, 7) is 6.84. The van der Waals surface area contributed by atoms with E-state index in [4.69, 9.17) is 4.74 Å². The lowest BCUT2D eigenvalue weighted by Gasteiger charge is -2.30. The smallest absolute Gasteiger partial charge is 0.221 e. The van der Waals surface area contributed by atoms with Crippen LogP contribution in [-0.4, -0.2) is 47.7 Å². The van der Waals surface area contributed by atoms with E-state index in [1.807, 2.05) is 13.8 Å². The van der Waals surface area contributed by atoms with Crippen LogP contribution in [-0.2, 0) is 0 Å². The van der Waals surface area contributed by atoms with Crippen molar-refractivity contribution in [3.8, 4) is 5.88 Å². The number of ether oxygens (including phenoxy) is 1. The number of anilines is 1. The van der Waals surface area contributed by atoms with Crippen molar-refractivity contribution in [3.05, 3.63) is 11.9 Å². The highest BCUT2D eigenvalue weighted by Crippen LogP contribution is 2.22. The lowest BCUT2D eigenvalue weighted by atomic mass is 10.1. The zero-order valence-electron chi connectivity index (χ0n) is 11.4. The van der Waals surface area contributed by atoms with Gasteiger partial charge in [0.25, 0.3) is 0 Å². The zero-order valence-corrected chi connectivity index (χ0v) is 11.4. The quantitative estimate of drug-likeness (QED) is 0.881. The van der Waals surface area contributed by atoms with Crippen molar-refractivity contribution in [1.82, 2.24) is 14.9 Å². The second kappa shape index (κ2) is 6.00. The van der Waals surface area contributed by atoms with E-state index in [2.05, 4.69) is 27.2 Å². The van der Waals surface area contributed by atoms with Gasteiger partial charge in [-0.3, -0.25) is 0 Å². The number of aromatic nitrogens is 2. The third-order valence-corrected chi connectivity index (χ3v) is 3.28. The first-order valence-electron chi connectivity index (χ1n) is 6.60. The molecule has 1 fully saturated rings. The van der Waals surface area contributed by atoms with Crippen LogP contribution in [0.1, 0.15) is 25.3 Å². The molecule has 1 unspecified atom stereocenters. The highest BCUT2D eigenvalue weighted by molar-refractivity contribution is 5.48. The van der Waals surface area contributed by atoms with E-state index in [-0.39, 0.29) is 0 Å². The number of nitrogens with one attached hydrogen (secondary N) is 1. The Hall–Kier alpha value is -1.36. The molecule has 1 aromatic heterocycles. The molecule has 18 heavy (non-hydrogen) atoms. The normalized spacial score (nSPS) is 20.7. The minimum Gasteiger partial charge on any atom is -0.478 e. The Morgan fingerprint density at radius 1 is 1.50 bits per heavy atom. The predicted molar refractivity (Wildman–Crippen MR) is 72.1 cm³/mol. The fourth-order valence-corrected chi connectivity index (χ4v) is 2.34. The van der Waals surface area contributed by atoms with Crippen molar-refractivity contribution in [2.24, 2.45) is 0 Å². The largest absolute Gasteiger partial charge is 0.478 e. The van der Waals surface area contributed by atoms with Gasteiger partial charge in [0.05, 0.1) is 12.2 Å². The molecule has 5 heteroatoms. The van der Waals surface area contributed by atoms with Gasteiger partial charge >= 0.3 is 0 Å². The Morgan fingerprint density at radius 2 is 2.33 bits per heavy atom. The molecular formula is C13H22N4O. The topological polar surface area (TPSA) is 50.3 Å². The van der Waals surface area contributed by atoms with Gasteiger partial charge in [0.15, 0.2) is 0 Å². The second-order valence-electron chi connectivity index (χ2n) is 4.83. The molecule has 2 rings (SSSR count). The molecule has 1 saturated heterocycles. The van der Waals surface area contributed by atoms with Crippen LogP contribution in [0.5, 0.6) is 5.88 Å². The van der Waals surface area contributed by atoms with Gasteiger partial charge in [-0.15, -0.1) is 0 Å². The first-order valence-corrected chi connectivity index (χ1v) is 6.60. The molecule has 1 aliphatic heterocycles. The second-order valence-corrected chi connectivity index (χ2v) is 4.83. The molecule has 1 atom stereocenters. The summed E-state index contributed by atoms with van der Waals surface area (Å²) in [5.74, 6) is 1.58. The fraction of sp³-hybridized carbons (Fsp3) is 0.692. The number of rotatable bonds is 4. The van der Waals surface area contributed by atoms with Gasteiger partial charge in [-0.25, -0.2) is 9.97 Å². The molecule has 1 aliphatic rings. The maximum Gasteiger partial charge on any atom is 0.221 e. The number of nitrogens with zero attached hydrogens (tertiary/aromatic N) is 3. The summed E-state index contributed by atoms with van der Waals surface area (Å²) >= 11 is 0. The van der Waals surface area contributed by atoms with Gasteiger partial charge < -0.3 is 15.0 Å². The average Bonchev–Trinajstić information content (AvgIpc) is 2.35. The van der Waals surface area contributed by atoms with E-state index in [0.717, 1.165) is 17.9 Å². The Labute approximate surface area is 109 Å². The first kappa shape index (κ1) is 13.1. The summed E-state index contributed by atoms with van der Waals surface area (Å²) in [7, 11) is 2.16. The average molecular weight is 250 g/mol. The van der Waals surface area contributed by atoms with Crippen LogP contribution in [0.2, 0.25) is 0 Å². The van der Waals surface area contributed by atoms with E-state index in [9.17, 15) is 0 Å². The molecule has 2 heterocycles. The van der Waals surface area contributed by atoms with Gasteiger partial charge in [-0.05, 0) is 40.3 Å². The van der Waals surface area contributed by atoms with E-state index in [1.54, 1.807) is 6.33 Å². The van der Waals surface area contributed by atoms with Crippen molar-refractivity contribution in [2.75, 3.05) is 32.1 Å². The van der Waals surface area contributed by atoms with E-state index in [0.29, 0.717) is 18.5 Å². The maximum atomic E-state index is 5.49. The summed E-state index contributed by atoms with van der Waals surface area (Å²) in [5.41, 5.74) is 0.993. The van der Waals surface area contributed by atoms with Gasteiger partial charge in [0.2, 0.25) is 5.88 Å². The number of piperidine rings is 1. The Kier molecular flexibility index (Phi) is 4.36. The molecule has 1 aromatic rings. The summed E-state index contributed by atoms with van der Waals surface area (Å²) in [6, 6.07) is 0.465. The molecule has 0 aromatic carbocycles. The molecule has 1 N–H and O–H groups in total. The van der Waals surface area contributed by atoms with Crippen molar-refractivity contribution >= 4 is 5.82 Å². The third kappa shape index (κ3) is 3.10. The Morgan fingerprint density at radius 3 is 3.06 bits per heavy atom. The minimum atomic E-state index is 0.465. The standard InChI is InChI=1S/C13H22N4O/c1-4-18-13-10(2)12(14-9-15-13)16-11-6-5-7-17(3)8-11/h9,11H,4-8H2,1-3H3,(H,14,15,16). The lowest BCUT2D eigenvalue weighted by Crippen LogP contribution is -2.40. The van der Waals surface area contributed by atoms with Crippen LogP contribution < -0.4 is 10.1 Å². The monoisotopic (exact) mass is 250 g/mol. The van der Waals surface area contributed by atoms with Crippen LogP contribution in [0.3, 0.4) is 0 Å². The van der Waals surface area contributed by atoms with Gasteiger partial charge in [0.1, 0.15) is 12.1 Å². The van der Waals surface area contributed by atoms with Crippen molar-refractivity contribution < 1.29 is 4.74 Å². The molecule has 5 nitrogen and oxygen atoms in total. The van der Waals surface area contributed by atoms with Crippen LogP contribution >= 0.6 is 0 Å². The van der Waals surface area contributed by atoms with Gasteiger partial charge in [-0.1, -0.05) is 0 Å². The molecule has 0 aliphatic carbocycles. The van der Waals surface area contributed by atoms with Crippen molar-refractivity contribution in [1.29, 1.82) is 0 Å². The zero-order chi connectivity index (χ0) is 13.0. The van der Waals surface area contributed by atoms with Gasteiger partial charge in [0, 0.05) is 12.6 Å². The Bertz CT molecular complexity index is 397. The van der Waals surface area contributed by atoms with Crippen LogP contribution in [0.25, 0.3) is 0 Å². The summed E-state index contributed by atoms with van der Waals surface area (Å²) in [4.78, 5) is 10.8. The third-order valence-electron chi connectivity index (χ3n) is 3.28. The van der Waals surface area contributed by atoms with E-state index >= 15 is 0 Å².